The van der Waals surface area contributed by atoms with Crippen LogP contribution in [0.2, 0.25) is 0 Å². The Balaban J connectivity index is 2.06. The fourth-order valence-electron chi connectivity index (χ4n) is 1.73. The molecule has 1 heterocycles. The van der Waals surface area contributed by atoms with E-state index in [4.69, 9.17) is 14.6 Å². The van der Waals surface area contributed by atoms with Gasteiger partial charge in [-0.2, -0.15) is 13.2 Å². The third-order valence-corrected chi connectivity index (χ3v) is 2.65. The van der Waals surface area contributed by atoms with Crippen LogP contribution in [-0.2, 0) is 6.18 Å². The summed E-state index contributed by atoms with van der Waals surface area (Å²) in [6.07, 6.45) is -4.77. The number of benzene rings is 1. The van der Waals surface area contributed by atoms with Gasteiger partial charge in [0.25, 0.3) is 0 Å². The van der Waals surface area contributed by atoms with Gasteiger partial charge in [-0.05, 0) is 18.2 Å². The molecule has 19 heavy (non-hydrogen) atoms. The molecule has 0 amide bonds. The average Bonchev–Trinajstić information content (AvgIpc) is 2.37. The summed E-state index contributed by atoms with van der Waals surface area (Å²) in [5.41, 5.74) is -0.765. The van der Waals surface area contributed by atoms with Gasteiger partial charge in [0.05, 0.1) is 12.2 Å². The number of hydrogen-bond donors (Lipinski definition) is 2. The molecule has 1 aliphatic heterocycles. The van der Waals surface area contributed by atoms with Crippen molar-refractivity contribution in [2.45, 2.75) is 12.3 Å². The van der Waals surface area contributed by atoms with Crippen LogP contribution in [0, 0.1) is 0 Å². The number of ether oxygens (including phenoxy) is 2. The van der Waals surface area contributed by atoms with E-state index in [9.17, 15) is 13.2 Å². The van der Waals surface area contributed by atoms with E-state index in [1.54, 1.807) is 0 Å². The minimum atomic E-state index is -4.40. The summed E-state index contributed by atoms with van der Waals surface area (Å²) >= 11 is 0. The Morgan fingerprint density at radius 1 is 1.32 bits per heavy atom. The van der Waals surface area contributed by atoms with Crippen molar-refractivity contribution in [2.24, 2.45) is 0 Å². The third-order valence-electron chi connectivity index (χ3n) is 2.65. The van der Waals surface area contributed by atoms with Crippen LogP contribution in [-0.4, -0.2) is 37.5 Å². The maximum absolute atomic E-state index is 12.6. The lowest BCUT2D eigenvalue weighted by molar-refractivity contribution is -0.137. The highest BCUT2D eigenvalue weighted by molar-refractivity contribution is 5.44. The van der Waals surface area contributed by atoms with E-state index in [1.165, 1.54) is 6.07 Å². The molecule has 1 aliphatic rings. The van der Waals surface area contributed by atoms with Crippen molar-refractivity contribution in [1.29, 1.82) is 0 Å². The van der Waals surface area contributed by atoms with Crippen LogP contribution in [0.1, 0.15) is 5.56 Å². The zero-order valence-electron chi connectivity index (χ0n) is 10.0. The van der Waals surface area contributed by atoms with E-state index in [1.807, 2.05) is 0 Å². The number of aliphatic hydroxyl groups excluding tert-OH is 1. The number of hydrogen-bond acceptors (Lipinski definition) is 4. The highest BCUT2D eigenvalue weighted by atomic mass is 19.4. The molecule has 7 heteroatoms. The van der Waals surface area contributed by atoms with Gasteiger partial charge in [0.15, 0.2) is 11.5 Å². The molecule has 4 nitrogen and oxygen atoms in total. The van der Waals surface area contributed by atoms with Crippen molar-refractivity contribution < 1.29 is 27.8 Å². The quantitative estimate of drug-likeness (QED) is 0.817. The zero-order valence-corrected chi connectivity index (χ0v) is 10.0. The van der Waals surface area contributed by atoms with Gasteiger partial charge in [-0.3, -0.25) is 0 Å². The summed E-state index contributed by atoms with van der Waals surface area (Å²) in [4.78, 5) is 0. The predicted molar refractivity (Wildman–Crippen MR) is 61.3 cm³/mol. The number of rotatable bonds is 4. The van der Waals surface area contributed by atoms with Crippen molar-refractivity contribution in [1.82, 2.24) is 5.32 Å². The molecule has 1 aromatic carbocycles. The van der Waals surface area contributed by atoms with E-state index < -0.39 is 11.7 Å². The number of halogens is 3. The SMILES string of the molecule is OCCNC[C@H]1COc2ccc(C(F)(F)F)cc2O1. The summed E-state index contributed by atoms with van der Waals surface area (Å²) in [6.45, 7) is 1.05. The summed E-state index contributed by atoms with van der Waals surface area (Å²) < 4.78 is 48.5. The predicted octanol–water partition coefficient (Wildman–Crippen LogP) is 1.43. The number of alkyl halides is 3. The molecule has 1 aromatic rings. The second-order valence-electron chi connectivity index (χ2n) is 4.14. The number of fused-ring (bicyclic) bond motifs is 1. The smallest absolute Gasteiger partial charge is 0.416 e. The molecule has 0 spiro atoms. The molecule has 0 bridgehead atoms. The molecular formula is C12H14F3NO3. The Hall–Kier alpha value is -1.47. The molecule has 1 atom stereocenters. The first kappa shape index (κ1) is 14.0. The van der Waals surface area contributed by atoms with Crippen LogP contribution in [0.25, 0.3) is 0 Å². The molecule has 0 aliphatic carbocycles. The Morgan fingerprint density at radius 3 is 2.79 bits per heavy atom. The molecule has 0 aromatic heterocycles. The molecule has 2 N–H and O–H groups in total. The second-order valence-corrected chi connectivity index (χ2v) is 4.14. The maximum atomic E-state index is 12.6. The normalized spacial score (nSPS) is 18.4. The third kappa shape index (κ3) is 3.51. The van der Waals surface area contributed by atoms with Crippen LogP contribution < -0.4 is 14.8 Å². The fraction of sp³-hybridized carbons (Fsp3) is 0.500. The molecule has 0 saturated carbocycles. The average molecular weight is 277 g/mol. The number of nitrogens with one attached hydrogen (secondary N) is 1. The Morgan fingerprint density at radius 2 is 2.11 bits per heavy atom. The largest absolute Gasteiger partial charge is 0.486 e. The van der Waals surface area contributed by atoms with Crippen LogP contribution in [0.5, 0.6) is 11.5 Å². The van der Waals surface area contributed by atoms with Gasteiger partial charge in [0.1, 0.15) is 12.7 Å². The lowest BCUT2D eigenvalue weighted by Crippen LogP contribution is -2.39. The van der Waals surface area contributed by atoms with Crippen molar-refractivity contribution in [3.63, 3.8) is 0 Å². The Bertz CT molecular complexity index is 437. The first-order chi connectivity index (χ1) is 9.00. The van der Waals surface area contributed by atoms with Crippen molar-refractivity contribution in [3.05, 3.63) is 23.8 Å². The molecule has 0 radical (unpaired) electrons. The summed E-state index contributed by atoms with van der Waals surface area (Å²) in [5, 5.41) is 11.5. The molecule has 2 rings (SSSR count). The van der Waals surface area contributed by atoms with Gasteiger partial charge in [-0.15, -0.1) is 0 Å². The van der Waals surface area contributed by atoms with Crippen LogP contribution in [0.15, 0.2) is 18.2 Å². The van der Waals surface area contributed by atoms with Gasteiger partial charge < -0.3 is 19.9 Å². The standard InChI is InChI=1S/C12H14F3NO3/c13-12(14,15)8-1-2-10-11(5-8)19-9(7-18-10)6-16-3-4-17/h1-2,5,9,16-17H,3-4,6-7H2/t9-/m0/s1. The van der Waals surface area contributed by atoms with Gasteiger partial charge in [-0.25, -0.2) is 0 Å². The molecule has 106 valence electrons. The summed E-state index contributed by atoms with van der Waals surface area (Å²) in [7, 11) is 0. The zero-order chi connectivity index (χ0) is 13.9. The Labute approximate surface area is 108 Å². The second kappa shape index (κ2) is 5.66. The maximum Gasteiger partial charge on any atom is 0.416 e. The van der Waals surface area contributed by atoms with Crippen LogP contribution >= 0.6 is 0 Å². The minimum Gasteiger partial charge on any atom is -0.486 e. The van der Waals surface area contributed by atoms with Gasteiger partial charge in [0.2, 0.25) is 0 Å². The number of aliphatic hydroxyl groups is 1. The van der Waals surface area contributed by atoms with E-state index in [-0.39, 0.29) is 25.1 Å². The lowest BCUT2D eigenvalue weighted by atomic mass is 10.2. The highest BCUT2D eigenvalue weighted by Crippen LogP contribution is 2.38. The lowest BCUT2D eigenvalue weighted by Gasteiger charge is -2.27. The molecule has 0 unspecified atom stereocenters. The highest BCUT2D eigenvalue weighted by Gasteiger charge is 2.32. The van der Waals surface area contributed by atoms with Crippen molar-refractivity contribution in [3.8, 4) is 11.5 Å². The van der Waals surface area contributed by atoms with Crippen molar-refractivity contribution in [2.75, 3.05) is 26.3 Å². The van der Waals surface area contributed by atoms with E-state index in [2.05, 4.69) is 5.32 Å². The monoisotopic (exact) mass is 277 g/mol. The van der Waals surface area contributed by atoms with E-state index >= 15 is 0 Å². The molecular weight excluding hydrogens is 263 g/mol. The Kier molecular flexibility index (Phi) is 4.16. The fourth-order valence-corrected chi connectivity index (χ4v) is 1.73. The summed E-state index contributed by atoms with van der Waals surface area (Å²) in [6, 6.07) is 3.16. The van der Waals surface area contributed by atoms with Crippen molar-refractivity contribution >= 4 is 0 Å². The van der Waals surface area contributed by atoms with E-state index in [0.29, 0.717) is 18.8 Å². The van der Waals surface area contributed by atoms with Crippen LogP contribution in [0.3, 0.4) is 0 Å². The van der Waals surface area contributed by atoms with Gasteiger partial charge in [0, 0.05) is 13.1 Å². The van der Waals surface area contributed by atoms with Gasteiger partial charge >= 0.3 is 6.18 Å². The minimum absolute atomic E-state index is 0.0115. The van der Waals surface area contributed by atoms with Gasteiger partial charge in [-0.1, -0.05) is 0 Å². The van der Waals surface area contributed by atoms with E-state index in [0.717, 1.165) is 12.1 Å². The molecule has 0 fully saturated rings. The first-order valence-electron chi connectivity index (χ1n) is 5.83. The topological polar surface area (TPSA) is 50.7 Å². The molecule has 0 saturated heterocycles. The summed E-state index contributed by atoms with van der Waals surface area (Å²) in [5.74, 6) is 0.406. The first-order valence-corrected chi connectivity index (χ1v) is 5.83. The van der Waals surface area contributed by atoms with Crippen LogP contribution in [0.4, 0.5) is 13.2 Å².